The van der Waals surface area contributed by atoms with E-state index in [1.807, 2.05) is 6.92 Å². The van der Waals surface area contributed by atoms with Gasteiger partial charge in [0.25, 0.3) is 0 Å². The maximum atomic E-state index is 12.9. The Hall–Kier alpha value is -2.09. The average molecular weight is 374 g/mol. The number of nitrogens with one attached hydrogen (secondary N) is 1. The van der Waals surface area contributed by atoms with Crippen molar-refractivity contribution in [2.45, 2.75) is 45.6 Å². The summed E-state index contributed by atoms with van der Waals surface area (Å²) < 4.78 is 0. The molecule has 5 atom stereocenters. The summed E-state index contributed by atoms with van der Waals surface area (Å²) in [5.41, 5.74) is 0. The summed E-state index contributed by atoms with van der Waals surface area (Å²) in [6.07, 6.45) is 7.80. The van der Waals surface area contributed by atoms with Crippen molar-refractivity contribution < 1.29 is 14.4 Å². The summed E-state index contributed by atoms with van der Waals surface area (Å²) >= 11 is 1.33. The fourth-order valence-corrected chi connectivity index (χ4v) is 5.27. The SMILES string of the molecule is CCCc1nnc(NC(=O)[C@H](C)N2C(=O)[C@@H]3[C@H](C2=O)[C@H]2C=C[C@H]3CC2)s1. The van der Waals surface area contributed by atoms with Crippen LogP contribution in [0.15, 0.2) is 12.2 Å². The van der Waals surface area contributed by atoms with E-state index in [2.05, 4.69) is 27.7 Å². The van der Waals surface area contributed by atoms with E-state index in [1.54, 1.807) is 6.92 Å². The van der Waals surface area contributed by atoms with Crippen LogP contribution in [0.3, 0.4) is 0 Å². The van der Waals surface area contributed by atoms with Crippen LogP contribution in [-0.4, -0.2) is 38.9 Å². The van der Waals surface area contributed by atoms with Crippen molar-refractivity contribution in [1.29, 1.82) is 0 Å². The van der Waals surface area contributed by atoms with Crippen LogP contribution in [0.25, 0.3) is 0 Å². The zero-order valence-corrected chi connectivity index (χ0v) is 15.7. The van der Waals surface area contributed by atoms with Crippen LogP contribution in [0.5, 0.6) is 0 Å². The lowest BCUT2D eigenvalue weighted by atomic mass is 9.63. The maximum Gasteiger partial charge on any atom is 0.249 e. The minimum Gasteiger partial charge on any atom is -0.299 e. The Labute approximate surface area is 155 Å². The second-order valence-corrected chi connectivity index (χ2v) is 8.37. The Bertz CT molecular complexity index is 757. The van der Waals surface area contributed by atoms with Crippen LogP contribution in [0, 0.1) is 23.7 Å². The van der Waals surface area contributed by atoms with Gasteiger partial charge >= 0.3 is 0 Å². The highest BCUT2D eigenvalue weighted by Crippen LogP contribution is 2.49. The molecule has 1 aromatic rings. The van der Waals surface area contributed by atoms with Gasteiger partial charge < -0.3 is 0 Å². The van der Waals surface area contributed by atoms with Gasteiger partial charge in [-0.3, -0.25) is 24.6 Å². The first-order valence-electron chi connectivity index (χ1n) is 9.19. The first-order chi connectivity index (χ1) is 12.5. The monoisotopic (exact) mass is 374 g/mol. The van der Waals surface area contributed by atoms with Gasteiger partial charge in [-0.25, -0.2) is 0 Å². The Morgan fingerprint density at radius 3 is 2.38 bits per heavy atom. The zero-order chi connectivity index (χ0) is 18.4. The van der Waals surface area contributed by atoms with Crippen molar-refractivity contribution in [3.63, 3.8) is 0 Å². The summed E-state index contributed by atoms with van der Waals surface area (Å²) in [4.78, 5) is 39.6. The molecule has 0 radical (unpaired) electrons. The summed E-state index contributed by atoms with van der Waals surface area (Å²) in [7, 11) is 0. The number of carbonyl (C=O) groups is 3. The number of rotatable bonds is 5. The molecule has 5 rings (SSSR count). The van der Waals surface area contributed by atoms with E-state index in [-0.39, 0.29) is 35.5 Å². The third-order valence-corrected chi connectivity index (χ3v) is 6.62. The minimum absolute atomic E-state index is 0.126. The molecule has 3 amide bonds. The standard InChI is InChI=1S/C18H22N4O3S/c1-3-4-12-20-21-18(26-12)19-15(23)9(2)22-16(24)13-10-5-6-11(8-7-10)14(13)17(22)25/h5-6,9-11,13-14H,3-4,7-8H2,1-2H3,(H,19,21,23)/t9-,10-,11-,13-,14+/m0/s1. The molecule has 8 heteroatoms. The Kier molecular flexibility index (Phi) is 4.38. The lowest BCUT2D eigenvalue weighted by molar-refractivity contribution is -0.146. The van der Waals surface area contributed by atoms with Crippen molar-refractivity contribution in [1.82, 2.24) is 15.1 Å². The fourth-order valence-electron chi connectivity index (χ4n) is 4.43. The quantitative estimate of drug-likeness (QED) is 0.629. The predicted octanol–water partition coefficient (Wildman–Crippen LogP) is 2.01. The van der Waals surface area contributed by atoms with E-state index in [0.29, 0.717) is 5.13 Å². The van der Waals surface area contributed by atoms with Gasteiger partial charge in [-0.15, -0.1) is 10.2 Å². The lowest BCUT2D eigenvalue weighted by Crippen LogP contribution is -2.46. The van der Waals surface area contributed by atoms with E-state index in [0.717, 1.165) is 30.7 Å². The van der Waals surface area contributed by atoms with Gasteiger partial charge in [0, 0.05) is 6.42 Å². The molecule has 2 bridgehead atoms. The molecule has 0 aromatic carbocycles. The van der Waals surface area contributed by atoms with Gasteiger partial charge in [0.1, 0.15) is 11.0 Å². The number of imide groups is 1. The Morgan fingerprint density at radius 2 is 1.85 bits per heavy atom. The summed E-state index contributed by atoms with van der Waals surface area (Å²) in [5.74, 6) is -1.14. The molecule has 0 spiro atoms. The third-order valence-electron chi connectivity index (χ3n) is 5.72. The summed E-state index contributed by atoms with van der Waals surface area (Å²) in [6.45, 7) is 3.65. The molecular weight excluding hydrogens is 352 g/mol. The topological polar surface area (TPSA) is 92.3 Å². The van der Waals surface area contributed by atoms with Gasteiger partial charge in [0.05, 0.1) is 11.8 Å². The number of hydrogen-bond acceptors (Lipinski definition) is 6. The first-order valence-corrected chi connectivity index (χ1v) is 10.0. The smallest absolute Gasteiger partial charge is 0.249 e. The van der Waals surface area contributed by atoms with Crippen LogP contribution in [-0.2, 0) is 20.8 Å². The highest BCUT2D eigenvalue weighted by Gasteiger charge is 2.58. The van der Waals surface area contributed by atoms with E-state index in [4.69, 9.17) is 0 Å². The van der Waals surface area contributed by atoms with Crippen LogP contribution in [0.2, 0.25) is 0 Å². The van der Waals surface area contributed by atoms with Crippen molar-refractivity contribution in [3.05, 3.63) is 17.2 Å². The molecule has 138 valence electrons. The molecule has 1 saturated heterocycles. The average Bonchev–Trinajstić information content (AvgIpc) is 3.19. The maximum absolute atomic E-state index is 12.9. The lowest BCUT2D eigenvalue weighted by Gasteiger charge is -2.38. The van der Waals surface area contributed by atoms with E-state index >= 15 is 0 Å². The van der Waals surface area contributed by atoms with Crippen LogP contribution in [0.4, 0.5) is 5.13 Å². The number of aromatic nitrogens is 2. The number of anilines is 1. The largest absolute Gasteiger partial charge is 0.299 e. The van der Waals surface area contributed by atoms with E-state index < -0.39 is 11.9 Å². The molecule has 1 aliphatic heterocycles. The molecule has 2 fully saturated rings. The van der Waals surface area contributed by atoms with Crippen molar-refractivity contribution in [3.8, 4) is 0 Å². The number of likely N-dealkylation sites (tertiary alicyclic amines) is 1. The number of aryl methyl sites for hydroxylation is 1. The van der Waals surface area contributed by atoms with E-state index in [9.17, 15) is 14.4 Å². The normalized spacial score (nSPS) is 30.6. The van der Waals surface area contributed by atoms with Crippen LogP contribution >= 0.6 is 11.3 Å². The number of fused-ring (bicyclic) bond motifs is 1. The molecule has 1 N–H and O–H groups in total. The molecule has 3 aliphatic carbocycles. The number of nitrogens with zero attached hydrogens (tertiary/aromatic N) is 3. The first kappa shape index (κ1) is 17.3. The molecule has 0 unspecified atom stereocenters. The number of allylic oxidation sites excluding steroid dienone is 2. The zero-order valence-electron chi connectivity index (χ0n) is 14.8. The van der Waals surface area contributed by atoms with Gasteiger partial charge in [-0.2, -0.15) is 0 Å². The fraction of sp³-hybridized carbons (Fsp3) is 0.611. The number of hydrogen-bond donors (Lipinski definition) is 1. The second-order valence-electron chi connectivity index (χ2n) is 7.30. The molecule has 2 heterocycles. The van der Waals surface area contributed by atoms with Crippen molar-refractivity contribution >= 4 is 34.2 Å². The van der Waals surface area contributed by atoms with Crippen LogP contribution in [0.1, 0.15) is 38.1 Å². The Morgan fingerprint density at radius 1 is 1.23 bits per heavy atom. The Balaban J connectivity index is 1.49. The molecular formula is C18H22N4O3S. The molecule has 1 aromatic heterocycles. The van der Waals surface area contributed by atoms with Gasteiger partial charge in [-0.05, 0) is 38.0 Å². The molecule has 26 heavy (non-hydrogen) atoms. The molecule has 1 saturated carbocycles. The van der Waals surface area contributed by atoms with E-state index in [1.165, 1.54) is 16.2 Å². The third kappa shape index (κ3) is 2.67. The molecule has 7 nitrogen and oxygen atoms in total. The predicted molar refractivity (Wildman–Crippen MR) is 96.2 cm³/mol. The molecule has 4 aliphatic rings. The number of amides is 3. The van der Waals surface area contributed by atoms with Gasteiger partial charge in [0.15, 0.2) is 0 Å². The van der Waals surface area contributed by atoms with Gasteiger partial charge in [0.2, 0.25) is 22.9 Å². The highest BCUT2D eigenvalue weighted by atomic mass is 32.1. The van der Waals surface area contributed by atoms with Gasteiger partial charge in [-0.1, -0.05) is 30.4 Å². The second kappa shape index (κ2) is 6.57. The van der Waals surface area contributed by atoms with Crippen LogP contribution < -0.4 is 5.32 Å². The number of carbonyl (C=O) groups excluding carboxylic acids is 3. The summed E-state index contributed by atoms with van der Waals surface area (Å²) in [6, 6.07) is -0.849. The minimum atomic E-state index is -0.849. The van der Waals surface area contributed by atoms with Crippen molar-refractivity contribution in [2.75, 3.05) is 5.32 Å². The summed E-state index contributed by atoms with van der Waals surface area (Å²) in [5, 5.41) is 12.0. The highest BCUT2D eigenvalue weighted by molar-refractivity contribution is 7.15. The van der Waals surface area contributed by atoms with Crippen molar-refractivity contribution in [2.24, 2.45) is 23.7 Å².